The monoisotopic (exact) mass is 254 g/mol. The number of ketones is 1. The van der Waals surface area contributed by atoms with Gasteiger partial charge in [0.05, 0.1) is 11.3 Å². The Labute approximate surface area is 108 Å². The van der Waals surface area contributed by atoms with E-state index in [-0.39, 0.29) is 11.5 Å². The van der Waals surface area contributed by atoms with Crippen molar-refractivity contribution in [2.45, 2.75) is 0 Å². The third-order valence-electron chi connectivity index (χ3n) is 2.99. The molecule has 1 aromatic heterocycles. The number of nitrogens with zero attached hydrogens (tertiary/aromatic N) is 1. The van der Waals surface area contributed by atoms with Gasteiger partial charge in [0.1, 0.15) is 0 Å². The topological polar surface area (TPSA) is 56.0 Å². The maximum Gasteiger partial charge on any atom is 0.196 e. The number of hydrogen-bond acceptors (Lipinski definition) is 4. The Balaban J connectivity index is 2.57. The Morgan fingerprint density at radius 2 is 1.94 bits per heavy atom. The number of nitrogens with two attached hydrogens (primary N) is 1. The number of allylic oxidation sites excluding steroid dienone is 1. The summed E-state index contributed by atoms with van der Waals surface area (Å²) in [4.78, 5) is 12.4. The molecular weight excluding hydrogens is 244 g/mol. The zero-order valence-electron chi connectivity index (χ0n) is 9.56. The van der Waals surface area contributed by atoms with Gasteiger partial charge in [0, 0.05) is 26.6 Å². The van der Waals surface area contributed by atoms with Crippen molar-refractivity contribution in [2.75, 3.05) is 0 Å². The second-order valence-electron chi connectivity index (χ2n) is 4.10. The molecule has 0 saturated carbocycles. The first-order chi connectivity index (χ1) is 8.61. The first-order valence-electron chi connectivity index (χ1n) is 5.39. The molecule has 0 saturated heterocycles. The summed E-state index contributed by atoms with van der Waals surface area (Å²) in [6.45, 7) is 7.61. The average Bonchev–Trinajstić information content (AvgIpc) is 2.72. The maximum atomic E-state index is 12.4. The fraction of sp³-hybridized carbons (Fsp3) is 0. The van der Waals surface area contributed by atoms with E-state index in [0.29, 0.717) is 11.1 Å². The number of benzene rings is 1. The maximum absolute atomic E-state index is 12.4. The van der Waals surface area contributed by atoms with Crippen LogP contribution in [0.2, 0.25) is 0 Å². The van der Waals surface area contributed by atoms with Crippen molar-refractivity contribution in [3.8, 4) is 11.3 Å². The summed E-state index contributed by atoms with van der Waals surface area (Å²) in [6, 6.07) is 7.39. The number of aromatic nitrogens is 1. The minimum absolute atomic E-state index is 0.101. The molecule has 88 valence electrons. The van der Waals surface area contributed by atoms with Gasteiger partial charge in [-0.1, -0.05) is 37.4 Å². The quantitative estimate of drug-likeness (QED) is 0.827. The average molecular weight is 254 g/mol. The first-order valence-corrected chi connectivity index (χ1v) is 6.16. The van der Waals surface area contributed by atoms with Gasteiger partial charge in [-0.2, -0.15) is 4.37 Å². The molecule has 0 atom stereocenters. The summed E-state index contributed by atoms with van der Waals surface area (Å²) in [6.07, 6.45) is 0. The molecule has 0 aliphatic heterocycles. The van der Waals surface area contributed by atoms with Crippen LogP contribution in [0.15, 0.2) is 36.5 Å². The molecule has 0 radical (unpaired) electrons. The molecule has 1 heterocycles. The molecule has 4 heteroatoms. The molecule has 0 unspecified atom stereocenters. The van der Waals surface area contributed by atoms with Gasteiger partial charge in [0.15, 0.2) is 5.78 Å². The lowest BCUT2D eigenvalue weighted by Gasteiger charge is -2.15. The summed E-state index contributed by atoms with van der Waals surface area (Å²) in [5.41, 5.74) is 8.69. The minimum Gasteiger partial charge on any atom is -0.399 e. The van der Waals surface area contributed by atoms with Gasteiger partial charge in [-0.15, -0.1) is 0 Å². The smallest absolute Gasteiger partial charge is 0.196 e. The van der Waals surface area contributed by atoms with Gasteiger partial charge < -0.3 is 5.73 Å². The molecule has 1 aliphatic rings. The lowest BCUT2D eigenvalue weighted by molar-refractivity contribution is 0.105. The van der Waals surface area contributed by atoms with E-state index >= 15 is 0 Å². The highest BCUT2D eigenvalue weighted by molar-refractivity contribution is 7.03. The number of rotatable bonds is 1. The van der Waals surface area contributed by atoms with Crippen LogP contribution in [0.4, 0.5) is 0 Å². The van der Waals surface area contributed by atoms with Crippen LogP contribution < -0.4 is 15.5 Å². The van der Waals surface area contributed by atoms with Crippen LogP contribution >= 0.6 is 11.5 Å². The SMILES string of the molecule is C=C(N)C1=c2c(nsc2=C)-c2ccccc2C1=O. The van der Waals surface area contributed by atoms with Crippen molar-refractivity contribution < 1.29 is 4.79 Å². The van der Waals surface area contributed by atoms with Crippen LogP contribution in [0.25, 0.3) is 23.4 Å². The van der Waals surface area contributed by atoms with Crippen LogP contribution in [0, 0.1) is 0 Å². The summed E-state index contributed by atoms with van der Waals surface area (Å²) < 4.78 is 5.12. The van der Waals surface area contributed by atoms with Crippen molar-refractivity contribution in [2.24, 2.45) is 5.73 Å². The van der Waals surface area contributed by atoms with E-state index < -0.39 is 0 Å². The Kier molecular flexibility index (Phi) is 2.21. The molecule has 0 amide bonds. The van der Waals surface area contributed by atoms with E-state index in [4.69, 9.17) is 5.73 Å². The molecule has 3 nitrogen and oxygen atoms in total. The van der Waals surface area contributed by atoms with Gasteiger partial charge in [-0.3, -0.25) is 4.79 Å². The number of hydrogen-bond donors (Lipinski definition) is 1. The van der Waals surface area contributed by atoms with Crippen molar-refractivity contribution in [1.29, 1.82) is 0 Å². The normalized spacial score (nSPS) is 13.1. The highest BCUT2D eigenvalue weighted by Crippen LogP contribution is 2.27. The van der Waals surface area contributed by atoms with Crippen molar-refractivity contribution >= 4 is 29.5 Å². The van der Waals surface area contributed by atoms with E-state index in [1.165, 1.54) is 11.5 Å². The van der Waals surface area contributed by atoms with Crippen molar-refractivity contribution in [1.82, 2.24) is 4.37 Å². The number of carbonyl (C=O) groups excluding carboxylic acids is 1. The van der Waals surface area contributed by atoms with Crippen molar-refractivity contribution in [3.63, 3.8) is 0 Å². The molecule has 18 heavy (non-hydrogen) atoms. The second-order valence-corrected chi connectivity index (χ2v) is 4.96. The largest absolute Gasteiger partial charge is 0.399 e. The highest BCUT2D eigenvalue weighted by atomic mass is 32.1. The standard InChI is InChI=1S/C14H10N2OS/c1-7(15)11-12-8(2)18-16-13(12)9-5-3-4-6-10(9)14(11)17/h3-6H,1-2,15H2. The Morgan fingerprint density at radius 3 is 2.61 bits per heavy atom. The summed E-state index contributed by atoms with van der Waals surface area (Å²) in [5.74, 6) is -0.101. The number of fused-ring (bicyclic) bond motifs is 3. The van der Waals surface area contributed by atoms with Crippen molar-refractivity contribution in [3.05, 3.63) is 51.9 Å². The van der Waals surface area contributed by atoms with Gasteiger partial charge in [0.2, 0.25) is 0 Å². The summed E-state index contributed by atoms with van der Waals surface area (Å²) in [5, 5.41) is 0.733. The predicted molar refractivity (Wildman–Crippen MR) is 73.4 cm³/mol. The van der Waals surface area contributed by atoms with Crippen LogP contribution in [-0.4, -0.2) is 10.2 Å². The van der Waals surface area contributed by atoms with E-state index in [1.807, 2.05) is 18.2 Å². The second kappa shape index (κ2) is 3.65. The van der Waals surface area contributed by atoms with E-state index in [2.05, 4.69) is 17.5 Å². The van der Waals surface area contributed by atoms with Crippen LogP contribution in [0.3, 0.4) is 0 Å². The van der Waals surface area contributed by atoms with Crippen LogP contribution in [0.5, 0.6) is 0 Å². The lowest BCUT2D eigenvalue weighted by atomic mass is 9.88. The van der Waals surface area contributed by atoms with E-state index in [0.717, 1.165) is 21.0 Å². The lowest BCUT2D eigenvalue weighted by Crippen LogP contribution is -2.31. The predicted octanol–water partition coefficient (Wildman–Crippen LogP) is 1.04. The molecule has 0 bridgehead atoms. The zero-order valence-corrected chi connectivity index (χ0v) is 10.4. The van der Waals surface area contributed by atoms with E-state index in [9.17, 15) is 4.79 Å². The molecule has 1 aromatic carbocycles. The fourth-order valence-electron chi connectivity index (χ4n) is 2.21. The first kappa shape index (κ1) is 10.9. The minimum atomic E-state index is -0.101. The van der Waals surface area contributed by atoms with E-state index in [1.54, 1.807) is 6.07 Å². The fourth-order valence-corrected chi connectivity index (χ4v) is 2.89. The molecule has 2 N–H and O–H groups in total. The molecule has 1 aliphatic carbocycles. The molecule has 0 spiro atoms. The highest BCUT2D eigenvalue weighted by Gasteiger charge is 2.26. The molecule has 3 rings (SSSR count). The third kappa shape index (κ3) is 1.29. The Morgan fingerprint density at radius 1 is 1.28 bits per heavy atom. The molecule has 0 fully saturated rings. The molecular formula is C14H10N2OS. The Hall–Kier alpha value is -2.20. The van der Waals surface area contributed by atoms with Gasteiger partial charge in [-0.05, 0) is 11.5 Å². The van der Waals surface area contributed by atoms with Gasteiger partial charge in [-0.25, -0.2) is 0 Å². The zero-order chi connectivity index (χ0) is 12.9. The molecule has 2 aromatic rings. The Bertz CT molecular complexity index is 801. The van der Waals surface area contributed by atoms with Gasteiger partial charge >= 0.3 is 0 Å². The summed E-state index contributed by atoms with van der Waals surface area (Å²) >= 11 is 1.28. The van der Waals surface area contributed by atoms with Crippen LogP contribution in [0.1, 0.15) is 10.4 Å². The number of carbonyl (C=O) groups is 1. The third-order valence-corrected chi connectivity index (χ3v) is 3.69. The summed E-state index contributed by atoms with van der Waals surface area (Å²) in [7, 11) is 0. The van der Waals surface area contributed by atoms with Crippen LogP contribution in [-0.2, 0) is 0 Å². The van der Waals surface area contributed by atoms with Gasteiger partial charge in [0.25, 0.3) is 0 Å². The number of Topliss-reactive ketones (excluding diaryl/α,β-unsaturated/α-hetero) is 1.